The van der Waals surface area contributed by atoms with Crippen molar-refractivity contribution in [3.8, 4) is 5.75 Å². The quantitative estimate of drug-likeness (QED) is 0.531. The highest BCUT2D eigenvalue weighted by Gasteiger charge is 2.20. The normalized spacial score (nSPS) is 12.1. The molecule has 4 rings (SSSR count). The van der Waals surface area contributed by atoms with Gasteiger partial charge in [-0.3, -0.25) is 4.98 Å². The van der Waals surface area contributed by atoms with Crippen LogP contribution in [0, 0.1) is 13.8 Å². The van der Waals surface area contributed by atoms with Crippen LogP contribution >= 0.6 is 0 Å². The molecule has 1 atom stereocenters. The Balaban J connectivity index is 1.84. The lowest BCUT2D eigenvalue weighted by atomic mass is 9.95. The van der Waals surface area contributed by atoms with E-state index in [-0.39, 0.29) is 11.8 Å². The molecule has 0 aliphatic rings. The highest BCUT2D eigenvalue weighted by molar-refractivity contribution is 5.86. The molecule has 0 radical (unpaired) electrons. The van der Waals surface area contributed by atoms with Gasteiger partial charge in [0.05, 0.1) is 6.04 Å². The third-order valence-corrected chi connectivity index (χ3v) is 4.68. The summed E-state index contributed by atoms with van der Waals surface area (Å²) in [4.78, 5) is 8.92. The lowest BCUT2D eigenvalue weighted by Crippen LogP contribution is -2.14. The number of nitrogens with one attached hydrogen (secondary N) is 1. The number of phenolic OH excluding ortho intramolecular Hbond substituents is 1. The largest absolute Gasteiger partial charge is 0.505 e. The zero-order valence-electron chi connectivity index (χ0n) is 15.3. The molecule has 4 aromatic rings. The zero-order chi connectivity index (χ0) is 18.8. The van der Waals surface area contributed by atoms with Gasteiger partial charge in [-0.1, -0.05) is 54.1 Å². The van der Waals surface area contributed by atoms with Crippen LogP contribution in [-0.2, 0) is 0 Å². The van der Waals surface area contributed by atoms with E-state index in [1.165, 1.54) is 5.56 Å². The molecule has 0 bridgehead atoms. The fourth-order valence-electron chi connectivity index (χ4n) is 3.25. The zero-order valence-corrected chi connectivity index (χ0v) is 15.3. The molecule has 0 unspecified atom stereocenters. The first-order valence-electron chi connectivity index (χ1n) is 8.95. The smallest absolute Gasteiger partial charge is 0.147 e. The van der Waals surface area contributed by atoms with E-state index >= 15 is 0 Å². The Morgan fingerprint density at radius 2 is 1.70 bits per heavy atom. The first kappa shape index (κ1) is 17.0. The Morgan fingerprint density at radius 3 is 2.48 bits per heavy atom. The Kier molecular flexibility index (Phi) is 4.47. The number of pyridine rings is 2. The number of fused-ring (bicyclic) bond motifs is 1. The Hall–Kier alpha value is -3.40. The number of hydrogen-bond donors (Lipinski definition) is 2. The van der Waals surface area contributed by atoms with Crippen LogP contribution in [0.5, 0.6) is 5.75 Å². The summed E-state index contributed by atoms with van der Waals surface area (Å²) >= 11 is 0. The van der Waals surface area contributed by atoms with Crippen LogP contribution in [0.3, 0.4) is 0 Å². The summed E-state index contributed by atoms with van der Waals surface area (Å²) in [6, 6.07) is 21.7. The van der Waals surface area contributed by atoms with E-state index in [1.807, 2.05) is 49.4 Å². The predicted molar refractivity (Wildman–Crippen MR) is 109 cm³/mol. The highest BCUT2D eigenvalue weighted by atomic mass is 16.3. The summed E-state index contributed by atoms with van der Waals surface area (Å²) in [7, 11) is 0. The van der Waals surface area contributed by atoms with Crippen LogP contribution in [0.4, 0.5) is 5.82 Å². The van der Waals surface area contributed by atoms with Crippen LogP contribution in [0.25, 0.3) is 10.9 Å². The number of phenols is 1. The molecule has 0 aliphatic carbocycles. The summed E-state index contributed by atoms with van der Waals surface area (Å²) in [6.45, 7) is 4.02. The van der Waals surface area contributed by atoms with Crippen molar-refractivity contribution in [1.29, 1.82) is 0 Å². The Morgan fingerprint density at radius 1 is 0.889 bits per heavy atom. The Bertz CT molecular complexity index is 1090. The predicted octanol–water partition coefficient (Wildman–Crippen LogP) is 5.15. The SMILES string of the molecule is Cc1ccc([C@H](Nc2cccc(C)n2)c2ccc3cccnc3c2O)cc1. The fourth-order valence-corrected chi connectivity index (χ4v) is 3.25. The minimum atomic E-state index is -0.244. The minimum Gasteiger partial charge on any atom is -0.505 e. The second kappa shape index (κ2) is 7.08. The van der Waals surface area contributed by atoms with Crippen molar-refractivity contribution < 1.29 is 5.11 Å². The second-order valence-electron chi connectivity index (χ2n) is 6.73. The van der Waals surface area contributed by atoms with Gasteiger partial charge in [0.25, 0.3) is 0 Å². The maximum absolute atomic E-state index is 10.9. The van der Waals surface area contributed by atoms with E-state index in [4.69, 9.17) is 0 Å². The molecule has 0 saturated heterocycles. The molecule has 2 N–H and O–H groups in total. The van der Waals surface area contributed by atoms with Gasteiger partial charge in [0.2, 0.25) is 0 Å². The molecule has 0 spiro atoms. The second-order valence-corrected chi connectivity index (χ2v) is 6.73. The lowest BCUT2D eigenvalue weighted by molar-refractivity contribution is 0.471. The van der Waals surface area contributed by atoms with Crippen molar-refractivity contribution in [2.75, 3.05) is 5.32 Å². The summed E-state index contributed by atoms with van der Waals surface area (Å²) in [6.07, 6.45) is 1.70. The lowest BCUT2D eigenvalue weighted by Gasteiger charge is -2.22. The summed E-state index contributed by atoms with van der Waals surface area (Å²) in [5, 5.41) is 15.3. The van der Waals surface area contributed by atoms with Crippen LogP contribution < -0.4 is 5.32 Å². The van der Waals surface area contributed by atoms with Crippen LogP contribution in [0.1, 0.15) is 28.4 Å². The average Bonchev–Trinajstić information content (AvgIpc) is 2.68. The van der Waals surface area contributed by atoms with E-state index in [0.29, 0.717) is 5.52 Å². The van der Waals surface area contributed by atoms with Gasteiger partial charge in [0.1, 0.15) is 17.1 Å². The molecule has 0 aliphatic heterocycles. The molecule has 134 valence electrons. The van der Waals surface area contributed by atoms with Gasteiger partial charge < -0.3 is 10.4 Å². The number of aromatic nitrogens is 2. The number of nitrogens with zero attached hydrogens (tertiary/aromatic N) is 2. The molecule has 4 nitrogen and oxygen atoms in total. The van der Waals surface area contributed by atoms with Gasteiger partial charge in [0, 0.05) is 22.8 Å². The van der Waals surface area contributed by atoms with Gasteiger partial charge in [-0.25, -0.2) is 4.98 Å². The molecule has 0 amide bonds. The number of hydrogen-bond acceptors (Lipinski definition) is 4. The van der Waals surface area contributed by atoms with E-state index in [0.717, 1.165) is 28.0 Å². The highest BCUT2D eigenvalue weighted by Crippen LogP contribution is 2.36. The van der Waals surface area contributed by atoms with Gasteiger partial charge in [-0.15, -0.1) is 0 Å². The van der Waals surface area contributed by atoms with Crippen molar-refractivity contribution in [3.05, 3.63) is 95.3 Å². The van der Waals surface area contributed by atoms with Gasteiger partial charge in [-0.05, 0) is 37.6 Å². The third-order valence-electron chi connectivity index (χ3n) is 4.68. The first-order valence-corrected chi connectivity index (χ1v) is 8.95. The van der Waals surface area contributed by atoms with Gasteiger partial charge >= 0.3 is 0 Å². The molecule has 2 aromatic carbocycles. The average molecular weight is 355 g/mol. The molecule has 2 aromatic heterocycles. The summed E-state index contributed by atoms with van der Waals surface area (Å²) < 4.78 is 0. The van der Waals surface area contributed by atoms with Crippen LogP contribution in [0.15, 0.2) is 72.9 Å². The monoisotopic (exact) mass is 355 g/mol. The summed E-state index contributed by atoms with van der Waals surface area (Å²) in [5.74, 6) is 0.958. The summed E-state index contributed by atoms with van der Waals surface area (Å²) in [5.41, 5.74) is 4.55. The van der Waals surface area contributed by atoms with Crippen LogP contribution in [-0.4, -0.2) is 15.1 Å². The van der Waals surface area contributed by atoms with E-state index in [1.54, 1.807) is 6.20 Å². The van der Waals surface area contributed by atoms with E-state index < -0.39 is 0 Å². The molecule has 27 heavy (non-hydrogen) atoms. The van der Waals surface area contributed by atoms with Crippen molar-refractivity contribution in [2.24, 2.45) is 0 Å². The van der Waals surface area contributed by atoms with Crippen molar-refractivity contribution in [2.45, 2.75) is 19.9 Å². The number of benzene rings is 2. The molecule has 2 heterocycles. The minimum absolute atomic E-state index is 0.193. The fraction of sp³-hybridized carbons (Fsp3) is 0.130. The molecular formula is C23H21N3O. The first-order chi connectivity index (χ1) is 13.1. The Labute approximate surface area is 158 Å². The van der Waals surface area contributed by atoms with Crippen molar-refractivity contribution >= 4 is 16.7 Å². The van der Waals surface area contributed by atoms with E-state index in [2.05, 4.69) is 46.5 Å². The molecule has 4 heteroatoms. The van der Waals surface area contributed by atoms with Gasteiger partial charge in [0.15, 0.2) is 0 Å². The van der Waals surface area contributed by atoms with Gasteiger partial charge in [-0.2, -0.15) is 0 Å². The standard InChI is InChI=1S/C23H21N3O/c1-15-8-10-18(11-9-15)21(26-20-7-3-5-16(2)25-20)19-13-12-17-6-4-14-24-22(17)23(19)27/h3-14,21,27H,1-2H3,(H,25,26)/t21-/m0/s1. The van der Waals surface area contributed by atoms with Crippen LogP contribution in [0.2, 0.25) is 0 Å². The topological polar surface area (TPSA) is 58.0 Å². The van der Waals surface area contributed by atoms with E-state index in [9.17, 15) is 5.11 Å². The maximum atomic E-state index is 10.9. The van der Waals surface area contributed by atoms with Crippen molar-refractivity contribution in [1.82, 2.24) is 9.97 Å². The number of rotatable bonds is 4. The molecule has 0 fully saturated rings. The number of aryl methyl sites for hydroxylation is 2. The number of anilines is 1. The molecule has 0 saturated carbocycles. The molecular weight excluding hydrogens is 334 g/mol. The number of aromatic hydroxyl groups is 1. The van der Waals surface area contributed by atoms with Crippen molar-refractivity contribution in [3.63, 3.8) is 0 Å². The maximum Gasteiger partial charge on any atom is 0.147 e. The third kappa shape index (κ3) is 3.47.